The second-order valence-electron chi connectivity index (χ2n) is 8.88. The first kappa shape index (κ1) is 21.5. The highest BCUT2D eigenvalue weighted by Gasteiger charge is 2.51. The van der Waals surface area contributed by atoms with E-state index in [0.717, 1.165) is 50.4 Å². The lowest BCUT2D eigenvalue weighted by molar-refractivity contribution is -0.0273. The Morgan fingerprint density at radius 1 is 1.00 bits per heavy atom. The van der Waals surface area contributed by atoms with Crippen LogP contribution in [0.4, 0.5) is 14.5 Å². The molecule has 2 aliphatic heterocycles. The maximum atomic E-state index is 13.7. The minimum absolute atomic E-state index is 0.365. The molecule has 0 bridgehead atoms. The monoisotopic (exact) mass is 448 g/mol. The average molecular weight is 449 g/mol. The maximum absolute atomic E-state index is 13.7. The topological polar surface area (TPSA) is 41.0 Å². The zero-order valence-corrected chi connectivity index (χ0v) is 18.5. The Balaban J connectivity index is 1.20. The number of pyridine rings is 1. The Labute approximate surface area is 192 Å². The molecule has 3 heterocycles. The summed E-state index contributed by atoms with van der Waals surface area (Å²) in [5.74, 6) is -1.83. The zero-order valence-electron chi connectivity index (χ0n) is 18.5. The maximum Gasteiger partial charge on any atom is 0.159 e. The van der Waals surface area contributed by atoms with Crippen LogP contribution in [-0.4, -0.2) is 48.4 Å². The molecule has 2 saturated heterocycles. The van der Waals surface area contributed by atoms with Gasteiger partial charge in [0, 0.05) is 55.6 Å². The molecular formula is C26H26F2N4O. The average Bonchev–Trinajstić information content (AvgIpc) is 2.78. The number of anilines is 1. The van der Waals surface area contributed by atoms with Crippen molar-refractivity contribution in [2.45, 2.75) is 13.5 Å². The summed E-state index contributed by atoms with van der Waals surface area (Å²) in [6, 6.07) is 18.1. The van der Waals surface area contributed by atoms with Crippen LogP contribution in [0.15, 0.2) is 72.0 Å². The van der Waals surface area contributed by atoms with Crippen LogP contribution in [0.3, 0.4) is 0 Å². The van der Waals surface area contributed by atoms with Gasteiger partial charge in [0.05, 0.1) is 5.69 Å². The van der Waals surface area contributed by atoms with E-state index < -0.39 is 11.6 Å². The molecular weight excluding hydrogens is 422 g/mol. The second-order valence-corrected chi connectivity index (χ2v) is 8.88. The van der Waals surface area contributed by atoms with E-state index in [-0.39, 0.29) is 0 Å². The molecule has 170 valence electrons. The molecule has 5 nitrogen and oxygen atoms in total. The number of rotatable bonds is 7. The van der Waals surface area contributed by atoms with Crippen molar-refractivity contribution in [2.24, 2.45) is 10.6 Å². The van der Waals surface area contributed by atoms with E-state index in [1.54, 1.807) is 0 Å². The number of benzene rings is 2. The van der Waals surface area contributed by atoms with E-state index in [1.165, 1.54) is 11.8 Å². The van der Waals surface area contributed by atoms with Crippen LogP contribution in [0.25, 0.3) is 0 Å². The predicted octanol–water partition coefficient (Wildman–Crippen LogP) is 4.47. The number of aromatic nitrogens is 1. The number of likely N-dealkylation sites (tertiary alicyclic amines) is 1. The van der Waals surface area contributed by atoms with Crippen LogP contribution < -0.4 is 4.90 Å². The van der Waals surface area contributed by atoms with Crippen LogP contribution >= 0.6 is 0 Å². The minimum Gasteiger partial charge on any atom is -0.396 e. The molecule has 1 aromatic heterocycles. The summed E-state index contributed by atoms with van der Waals surface area (Å²) in [4.78, 5) is 14.6. The first-order chi connectivity index (χ1) is 16.0. The van der Waals surface area contributed by atoms with Gasteiger partial charge in [-0.2, -0.15) is 0 Å². The van der Waals surface area contributed by atoms with Crippen LogP contribution in [0, 0.1) is 17.0 Å². The molecule has 2 aromatic carbocycles. The Hall–Kier alpha value is -3.32. The standard InChI is InChI=1S/C26H26F2N4O/c1-2-33-30-25(20-9-10-22(27)23(28)12-20)24-11-8-19(13-29-24)14-31-15-26(16-31)17-32(18-26)21-6-4-3-5-7-21/h3-13H,2,14-18H2,1H3/b30-25+. The first-order valence-electron chi connectivity index (χ1n) is 11.2. The molecule has 0 amide bonds. The molecule has 0 aliphatic carbocycles. The fraction of sp³-hybridized carbons (Fsp3) is 0.308. The summed E-state index contributed by atoms with van der Waals surface area (Å²) in [5.41, 5.74) is 4.16. The summed E-state index contributed by atoms with van der Waals surface area (Å²) in [7, 11) is 0. The quantitative estimate of drug-likeness (QED) is 0.395. The van der Waals surface area contributed by atoms with Crippen molar-refractivity contribution in [3.05, 3.63) is 95.3 Å². The summed E-state index contributed by atoms with van der Waals surface area (Å²) < 4.78 is 27.1. The van der Waals surface area contributed by atoms with E-state index >= 15 is 0 Å². The Kier molecular flexibility index (Phi) is 5.81. The third-order valence-electron chi connectivity index (χ3n) is 6.24. The van der Waals surface area contributed by atoms with Crippen LogP contribution in [0.2, 0.25) is 0 Å². The van der Waals surface area contributed by atoms with Crippen molar-refractivity contribution >= 4 is 11.4 Å². The Bertz CT molecular complexity index is 1140. The fourth-order valence-electron chi connectivity index (χ4n) is 4.74. The summed E-state index contributed by atoms with van der Waals surface area (Å²) in [6.07, 6.45) is 1.82. The predicted molar refractivity (Wildman–Crippen MR) is 124 cm³/mol. The van der Waals surface area contributed by atoms with Crippen molar-refractivity contribution in [3.8, 4) is 0 Å². The number of nitrogens with zero attached hydrogens (tertiary/aromatic N) is 4. The summed E-state index contributed by atoms with van der Waals surface area (Å²) in [5, 5.41) is 4.09. The third-order valence-corrected chi connectivity index (χ3v) is 6.24. The summed E-state index contributed by atoms with van der Waals surface area (Å²) >= 11 is 0. The van der Waals surface area contributed by atoms with Gasteiger partial charge in [-0.3, -0.25) is 9.88 Å². The zero-order chi connectivity index (χ0) is 22.8. The highest BCUT2D eigenvalue weighted by Crippen LogP contribution is 2.42. The number of halogens is 2. The lowest BCUT2D eigenvalue weighted by Crippen LogP contribution is -2.71. The van der Waals surface area contributed by atoms with Crippen molar-refractivity contribution in [3.63, 3.8) is 0 Å². The van der Waals surface area contributed by atoms with Crippen molar-refractivity contribution < 1.29 is 13.6 Å². The number of hydrogen-bond donors (Lipinski definition) is 0. The molecule has 2 fully saturated rings. The molecule has 0 N–H and O–H groups in total. The van der Waals surface area contributed by atoms with Crippen molar-refractivity contribution in [2.75, 3.05) is 37.7 Å². The number of hydrogen-bond acceptors (Lipinski definition) is 5. The molecule has 33 heavy (non-hydrogen) atoms. The van der Waals surface area contributed by atoms with E-state index in [2.05, 4.69) is 44.2 Å². The van der Waals surface area contributed by atoms with Crippen LogP contribution in [0.1, 0.15) is 23.7 Å². The van der Waals surface area contributed by atoms with Crippen molar-refractivity contribution in [1.82, 2.24) is 9.88 Å². The number of para-hydroxylation sites is 1. The lowest BCUT2D eigenvalue weighted by Gasteiger charge is -2.61. The van der Waals surface area contributed by atoms with E-state index in [4.69, 9.17) is 4.84 Å². The van der Waals surface area contributed by atoms with Crippen molar-refractivity contribution in [1.29, 1.82) is 0 Å². The van der Waals surface area contributed by atoms with E-state index in [9.17, 15) is 8.78 Å². The SMILES string of the molecule is CCO/N=C(\c1ccc(F)c(F)c1)c1ccc(CN2CC3(C2)CN(c2ccccc2)C3)cn1. The molecule has 0 radical (unpaired) electrons. The molecule has 0 unspecified atom stereocenters. The summed E-state index contributed by atoms with van der Waals surface area (Å²) in [6.45, 7) is 7.40. The minimum atomic E-state index is -0.929. The normalized spacial score (nSPS) is 17.5. The van der Waals surface area contributed by atoms with Gasteiger partial charge < -0.3 is 9.74 Å². The van der Waals surface area contributed by atoms with Crippen LogP contribution in [-0.2, 0) is 11.4 Å². The lowest BCUT2D eigenvalue weighted by atomic mass is 9.72. The Morgan fingerprint density at radius 2 is 1.79 bits per heavy atom. The largest absolute Gasteiger partial charge is 0.396 e. The Morgan fingerprint density at radius 3 is 2.45 bits per heavy atom. The van der Waals surface area contributed by atoms with Gasteiger partial charge in [-0.1, -0.05) is 29.4 Å². The molecule has 1 spiro atoms. The smallest absolute Gasteiger partial charge is 0.159 e. The number of oxime groups is 1. The van der Waals surface area contributed by atoms with Gasteiger partial charge in [0.1, 0.15) is 12.3 Å². The fourth-order valence-corrected chi connectivity index (χ4v) is 4.74. The first-order valence-corrected chi connectivity index (χ1v) is 11.2. The van der Waals surface area contributed by atoms with E-state index in [0.29, 0.717) is 29.0 Å². The highest BCUT2D eigenvalue weighted by molar-refractivity contribution is 6.11. The molecule has 5 rings (SSSR count). The second kappa shape index (κ2) is 8.90. The molecule has 3 aromatic rings. The van der Waals surface area contributed by atoms with Gasteiger partial charge in [0.2, 0.25) is 0 Å². The highest BCUT2D eigenvalue weighted by atomic mass is 19.2. The van der Waals surface area contributed by atoms with Gasteiger partial charge in [-0.15, -0.1) is 0 Å². The molecule has 7 heteroatoms. The third kappa shape index (κ3) is 4.46. The van der Waals surface area contributed by atoms with Gasteiger partial charge in [-0.05, 0) is 48.9 Å². The van der Waals surface area contributed by atoms with Gasteiger partial charge >= 0.3 is 0 Å². The molecule has 0 atom stereocenters. The van der Waals surface area contributed by atoms with Gasteiger partial charge in [0.25, 0.3) is 0 Å². The van der Waals surface area contributed by atoms with Gasteiger partial charge in [-0.25, -0.2) is 8.78 Å². The van der Waals surface area contributed by atoms with E-state index in [1.807, 2.05) is 31.3 Å². The van der Waals surface area contributed by atoms with Crippen LogP contribution in [0.5, 0.6) is 0 Å². The van der Waals surface area contributed by atoms with Gasteiger partial charge in [0.15, 0.2) is 11.6 Å². The molecule has 0 saturated carbocycles. The molecule has 2 aliphatic rings.